The summed E-state index contributed by atoms with van der Waals surface area (Å²) in [5, 5.41) is 10.2. The third-order valence-corrected chi connectivity index (χ3v) is 3.76. The zero-order valence-corrected chi connectivity index (χ0v) is 13.0. The highest BCUT2D eigenvalue weighted by atomic mass is 16.3. The summed E-state index contributed by atoms with van der Waals surface area (Å²) in [5.41, 5.74) is 14.2. The van der Waals surface area contributed by atoms with Gasteiger partial charge in [0, 0.05) is 18.7 Å². The number of phenolic OH excluding ortho intramolecular Hbond substituents is 1. The molecule has 0 aliphatic rings. The third kappa shape index (κ3) is 3.95. The SMILES string of the molecule is CCCCN(CCCC)C(N)(N)c1cccc(C)c1O. The van der Waals surface area contributed by atoms with E-state index in [1.54, 1.807) is 0 Å². The van der Waals surface area contributed by atoms with E-state index in [-0.39, 0.29) is 5.75 Å². The summed E-state index contributed by atoms with van der Waals surface area (Å²) in [5.74, 6) is -0.920. The largest absolute Gasteiger partial charge is 0.507 e. The zero-order chi connectivity index (χ0) is 15.2. The summed E-state index contributed by atoms with van der Waals surface area (Å²) in [6.45, 7) is 7.85. The smallest absolute Gasteiger partial charge is 0.151 e. The summed E-state index contributed by atoms with van der Waals surface area (Å²) in [4.78, 5) is 2.08. The normalized spacial score (nSPS) is 12.1. The van der Waals surface area contributed by atoms with Crippen LogP contribution in [0.2, 0.25) is 0 Å². The lowest BCUT2D eigenvalue weighted by molar-refractivity contribution is 0.0892. The Hall–Kier alpha value is -1.10. The van der Waals surface area contributed by atoms with Gasteiger partial charge in [-0.05, 0) is 25.3 Å². The fourth-order valence-electron chi connectivity index (χ4n) is 2.33. The Morgan fingerprint density at radius 3 is 2.15 bits per heavy atom. The van der Waals surface area contributed by atoms with Crippen LogP contribution in [0.3, 0.4) is 0 Å². The second kappa shape index (κ2) is 7.62. The molecule has 4 heteroatoms. The number of hydrogen-bond donors (Lipinski definition) is 3. The van der Waals surface area contributed by atoms with Gasteiger partial charge in [-0.2, -0.15) is 0 Å². The lowest BCUT2D eigenvalue weighted by Gasteiger charge is -2.38. The Balaban J connectivity index is 3.03. The van der Waals surface area contributed by atoms with Crippen LogP contribution in [0, 0.1) is 6.92 Å². The average Bonchev–Trinajstić information content (AvgIpc) is 2.41. The van der Waals surface area contributed by atoms with E-state index in [1.165, 1.54) is 0 Å². The molecule has 1 rings (SSSR count). The zero-order valence-electron chi connectivity index (χ0n) is 13.0. The molecule has 0 amide bonds. The van der Waals surface area contributed by atoms with E-state index in [9.17, 15) is 5.11 Å². The first-order valence-electron chi connectivity index (χ1n) is 7.57. The predicted molar refractivity (Wildman–Crippen MR) is 84.3 cm³/mol. The molecule has 1 aromatic rings. The first-order valence-corrected chi connectivity index (χ1v) is 7.57. The number of hydrogen-bond acceptors (Lipinski definition) is 4. The lowest BCUT2D eigenvalue weighted by Crippen LogP contribution is -2.60. The minimum Gasteiger partial charge on any atom is -0.507 e. The monoisotopic (exact) mass is 279 g/mol. The summed E-state index contributed by atoms with van der Waals surface area (Å²) in [6.07, 6.45) is 4.29. The highest BCUT2D eigenvalue weighted by Gasteiger charge is 2.32. The van der Waals surface area contributed by atoms with Crippen molar-refractivity contribution in [2.45, 2.75) is 52.2 Å². The van der Waals surface area contributed by atoms with Crippen LogP contribution in [0.1, 0.15) is 50.7 Å². The number of nitrogens with zero attached hydrogens (tertiary/aromatic N) is 1. The molecular weight excluding hydrogens is 250 g/mol. The molecule has 4 nitrogen and oxygen atoms in total. The fraction of sp³-hybridized carbons (Fsp3) is 0.625. The Morgan fingerprint density at radius 1 is 1.10 bits per heavy atom. The highest BCUT2D eigenvalue weighted by molar-refractivity contribution is 5.42. The second-order valence-corrected chi connectivity index (χ2v) is 5.49. The van der Waals surface area contributed by atoms with Gasteiger partial charge in [0.25, 0.3) is 0 Å². The van der Waals surface area contributed by atoms with Gasteiger partial charge >= 0.3 is 0 Å². The molecule has 0 spiro atoms. The molecule has 0 heterocycles. The Bertz CT molecular complexity index is 410. The molecular formula is C16H29N3O. The van der Waals surface area contributed by atoms with Crippen LogP contribution < -0.4 is 11.5 Å². The van der Waals surface area contributed by atoms with Gasteiger partial charge in [-0.3, -0.25) is 16.4 Å². The van der Waals surface area contributed by atoms with E-state index in [4.69, 9.17) is 11.5 Å². The quantitative estimate of drug-likeness (QED) is 0.639. The van der Waals surface area contributed by atoms with Gasteiger partial charge in [0.05, 0.1) is 0 Å². The van der Waals surface area contributed by atoms with Crippen LogP contribution in [-0.4, -0.2) is 23.1 Å². The second-order valence-electron chi connectivity index (χ2n) is 5.49. The molecule has 20 heavy (non-hydrogen) atoms. The van der Waals surface area contributed by atoms with E-state index in [0.29, 0.717) is 5.56 Å². The van der Waals surface area contributed by atoms with Crippen molar-refractivity contribution in [1.82, 2.24) is 4.90 Å². The molecule has 0 unspecified atom stereocenters. The van der Waals surface area contributed by atoms with Crippen LogP contribution in [0.5, 0.6) is 5.75 Å². The third-order valence-electron chi connectivity index (χ3n) is 3.76. The molecule has 0 aliphatic heterocycles. The standard InChI is InChI=1S/C16H29N3O/c1-4-6-11-19(12-7-5-2)16(17,18)14-10-8-9-13(3)15(14)20/h8-10,20H,4-7,11-12,17-18H2,1-3H3. The summed E-state index contributed by atoms with van der Waals surface area (Å²) < 4.78 is 0. The Morgan fingerprint density at radius 2 is 1.65 bits per heavy atom. The van der Waals surface area contributed by atoms with Gasteiger partial charge in [0.1, 0.15) is 5.75 Å². The van der Waals surface area contributed by atoms with Crippen LogP contribution >= 0.6 is 0 Å². The van der Waals surface area contributed by atoms with Crippen molar-refractivity contribution in [3.8, 4) is 5.75 Å². The van der Waals surface area contributed by atoms with Crippen molar-refractivity contribution in [3.63, 3.8) is 0 Å². The van der Waals surface area contributed by atoms with E-state index in [2.05, 4.69) is 18.7 Å². The predicted octanol–water partition coefficient (Wildman–Crippen LogP) is 2.63. The van der Waals surface area contributed by atoms with Crippen LogP contribution in [0.25, 0.3) is 0 Å². The van der Waals surface area contributed by atoms with Crippen molar-refractivity contribution in [1.29, 1.82) is 0 Å². The number of phenols is 1. The Kier molecular flexibility index (Phi) is 6.46. The van der Waals surface area contributed by atoms with Crippen molar-refractivity contribution in [3.05, 3.63) is 29.3 Å². The van der Waals surface area contributed by atoms with Gasteiger partial charge in [0.2, 0.25) is 0 Å². The van der Waals surface area contributed by atoms with E-state index in [1.807, 2.05) is 25.1 Å². The molecule has 0 saturated heterocycles. The van der Waals surface area contributed by atoms with E-state index >= 15 is 0 Å². The average molecular weight is 279 g/mol. The first-order chi connectivity index (χ1) is 9.45. The number of unbranched alkanes of at least 4 members (excludes halogenated alkanes) is 2. The van der Waals surface area contributed by atoms with Gasteiger partial charge in [-0.25, -0.2) is 0 Å². The molecule has 0 radical (unpaired) electrons. The number of aromatic hydroxyl groups is 1. The molecule has 0 atom stereocenters. The van der Waals surface area contributed by atoms with Crippen molar-refractivity contribution >= 4 is 0 Å². The molecule has 0 saturated carbocycles. The van der Waals surface area contributed by atoms with E-state index < -0.39 is 5.79 Å². The van der Waals surface area contributed by atoms with Crippen LogP contribution in [0.4, 0.5) is 0 Å². The maximum absolute atomic E-state index is 10.2. The maximum Gasteiger partial charge on any atom is 0.151 e. The molecule has 1 aromatic carbocycles. The van der Waals surface area contributed by atoms with Gasteiger partial charge < -0.3 is 5.11 Å². The lowest BCUT2D eigenvalue weighted by atomic mass is 10.0. The summed E-state index contributed by atoms with van der Waals surface area (Å²) in [6, 6.07) is 5.56. The van der Waals surface area contributed by atoms with Crippen molar-refractivity contribution < 1.29 is 5.11 Å². The van der Waals surface area contributed by atoms with Gasteiger partial charge in [-0.15, -0.1) is 0 Å². The summed E-state index contributed by atoms with van der Waals surface area (Å²) in [7, 11) is 0. The minimum atomic E-state index is -1.12. The Labute approximate surface area is 122 Å². The maximum atomic E-state index is 10.2. The molecule has 114 valence electrons. The van der Waals surface area contributed by atoms with Crippen LogP contribution in [0.15, 0.2) is 18.2 Å². The molecule has 0 bridgehead atoms. The fourth-order valence-corrected chi connectivity index (χ4v) is 2.33. The molecule has 0 aromatic heterocycles. The highest BCUT2D eigenvalue weighted by Crippen LogP contribution is 2.29. The number of aryl methyl sites for hydroxylation is 1. The topological polar surface area (TPSA) is 75.5 Å². The van der Waals surface area contributed by atoms with Crippen molar-refractivity contribution in [2.75, 3.05) is 13.1 Å². The minimum absolute atomic E-state index is 0.204. The van der Waals surface area contributed by atoms with Gasteiger partial charge in [0.15, 0.2) is 5.79 Å². The number of benzene rings is 1. The molecule has 0 aliphatic carbocycles. The van der Waals surface area contributed by atoms with Crippen molar-refractivity contribution in [2.24, 2.45) is 11.5 Å². The van der Waals surface area contributed by atoms with E-state index in [0.717, 1.165) is 44.3 Å². The van der Waals surface area contributed by atoms with Gasteiger partial charge in [-0.1, -0.05) is 44.9 Å². The number of nitrogens with two attached hydrogens (primary N) is 2. The number of para-hydroxylation sites is 1. The molecule has 5 N–H and O–H groups in total. The first kappa shape index (κ1) is 17.0. The summed E-state index contributed by atoms with van der Waals surface area (Å²) >= 11 is 0. The number of rotatable bonds is 8. The van der Waals surface area contributed by atoms with Crippen LogP contribution in [-0.2, 0) is 5.79 Å². The molecule has 0 fully saturated rings.